The zero-order valence-electron chi connectivity index (χ0n) is 7.58. The fourth-order valence-corrected chi connectivity index (χ4v) is 1.68. The van der Waals surface area contributed by atoms with Gasteiger partial charge in [0.05, 0.1) is 0 Å². The van der Waals surface area contributed by atoms with Crippen LogP contribution in [0.2, 0.25) is 0 Å². The summed E-state index contributed by atoms with van der Waals surface area (Å²) in [5, 5.41) is 5.64. The Morgan fingerprint density at radius 2 is 1.87 bits per heavy atom. The summed E-state index contributed by atoms with van der Waals surface area (Å²) in [5.41, 5.74) is 1.42. The zero-order valence-corrected chi connectivity index (χ0v) is 9.98. The Hall–Kier alpha value is -1.20. The first-order valence-electron chi connectivity index (χ1n) is 4.25. The van der Waals surface area contributed by atoms with E-state index in [-0.39, 0.29) is 5.91 Å². The maximum absolute atomic E-state index is 11.3. The van der Waals surface area contributed by atoms with Crippen molar-refractivity contribution in [1.29, 1.82) is 0 Å². The van der Waals surface area contributed by atoms with Crippen LogP contribution in [-0.2, 0) is 4.79 Å². The molecule has 5 heteroatoms. The molecule has 1 amide bonds. The number of benzene rings is 1. The van der Waals surface area contributed by atoms with Crippen molar-refractivity contribution in [3.8, 4) is 0 Å². The van der Waals surface area contributed by atoms with Crippen LogP contribution in [0, 0.1) is 0 Å². The summed E-state index contributed by atoms with van der Waals surface area (Å²) in [5.74, 6) is -0.192. The first-order valence-corrected chi connectivity index (χ1v) is 5.45. The molecule has 0 bridgehead atoms. The lowest BCUT2D eigenvalue weighted by Gasteiger charge is -1.96. The number of nitrogens with one attached hydrogen (secondary N) is 2. The minimum atomic E-state index is -0.192. The third-order valence-corrected chi connectivity index (χ3v) is 2.63. The number of carbonyl (C=O) groups is 1. The third-order valence-electron chi connectivity index (χ3n) is 1.90. The average Bonchev–Trinajstić information content (AvgIpc) is 2.49. The Morgan fingerprint density at radius 1 is 1.20 bits per heavy atom. The van der Waals surface area contributed by atoms with Gasteiger partial charge in [0.1, 0.15) is 5.70 Å². The van der Waals surface area contributed by atoms with E-state index in [1.54, 1.807) is 6.08 Å². The molecule has 1 aliphatic rings. The summed E-state index contributed by atoms with van der Waals surface area (Å²) in [4.78, 5) is 11.3. The molecular formula is C10H7BrN2OS. The van der Waals surface area contributed by atoms with Gasteiger partial charge in [-0.05, 0) is 36.0 Å². The number of amides is 1. The van der Waals surface area contributed by atoms with Gasteiger partial charge in [-0.1, -0.05) is 28.1 Å². The third kappa shape index (κ3) is 2.43. The molecule has 1 aromatic carbocycles. The van der Waals surface area contributed by atoms with Crippen LogP contribution in [0.4, 0.5) is 0 Å². The van der Waals surface area contributed by atoms with Crippen molar-refractivity contribution >= 4 is 45.2 Å². The van der Waals surface area contributed by atoms with Gasteiger partial charge in [-0.3, -0.25) is 10.1 Å². The highest BCUT2D eigenvalue weighted by Gasteiger charge is 2.19. The van der Waals surface area contributed by atoms with Gasteiger partial charge in [0, 0.05) is 4.47 Å². The van der Waals surface area contributed by atoms with E-state index in [0.717, 1.165) is 10.0 Å². The lowest BCUT2D eigenvalue weighted by Crippen LogP contribution is -2.21. The molecule has 0 aliphatic carbocycles. The summed E-state index contributed by atoms with van der Waals surface area (Å²) in [7, 11) is 0. The van der Waals surface area contributed by atoms with Gasteiger partial charge in [0.25, 0.3) is 5.91 Å². The van der Waals surface area contributed by atoms with E-state index in [2.05, 4.69) is 26.6 Å². The summed E-state index contributed by atoms with van der Waals surface area (Å²) < 4.78 is 1.00. The molecule has 76 valence electrons. The minimum absolute atomic E-state index is 0.192. The van der Waals surface area contributed by atoms with Crippen molar-refractivity contribution in [2.24, 2.45) is 0 Å². The molecule has 1 saturated heterocycles. The van der Waals surface area contributed by atoms with Gasteiger partial charge < -0.3 is 5.32 Å². The SMILES string of the molecule is O=C1NC(=S)N/C1=C\c1ccc(Br)cc1. The number of hydrogen-bond acceptors (Lipinski definition) is 2. The van der Waals surface area contributed by atoms with E-state index >= 15 is 0 Å². The van der Waals surface area contributed by atoms with E-state index in [4.69, 9.17) is 12.2 Å². The fraction of sp³-hybridized carbons (Fsp3) is 0. The van der Waals surface area contributed by atoms with Crippen LogP contribution in [0.15, 0.2) is 34.4 Å². The average molecular weight is 283 g/mol. The molecule has 1 heterocycles. The molecule has 0 radical (unpaired) electrons. The standard InChI is InChI=1S/C10H7BrN2OS/c11-7-3-1-6(2-4-7)5-8-9(14)13-10(15)12-8/h1-5H,(H2,12,13,14,15)/b8-5-. The van der Waals surface area contributed by atoms with Crippen molar-refractivity contribution < 1.29 is 4.79 Å². The minimum Gasteiger partial charge on any atom is -0.328 e. The molecule has 3 nitrogen and oxygen atoms in total. The first kappa shape index (κ1) is 10.3. The summed E-state index contributed by atoms with van der Waals surface area (Å²) in [6, 6.07) is 7.65. The second kappa shape index (κ2) is 4.12. The van der Waals surface area contributed by atoms with E-state index in [1.165, 1.54) is 0 Å². The first-order chi connectivity index (χ1) is 7.15. The van der Waals surface area contributed by atoms with Gasteiger partial charge in [-0.2, -0.15) is 0 Å². The molecule has 1 aliphatic heterocycles. The van der Waals surface area contributed by atoms with Crippen LogP contribution in [-0.4, -0.2) is 11.0 Å². The van der Waals surface area contributed by atoms with Crippen LogP contribution in [0.25, 0.3) is 6.08 Å². The van der Waals surface area contributed by atoms with Crippen molar-refractivity contribution in [1.82, 2.24) is 10.6 Å². The highest BCUT2D eigenvalue weighted by Crippen LogP contribution is 2.13. The number of halogens is 1. The van der Waals surface area contributed by atoms with Gasteiger partial charge >= 0.3 is 0 Å². The monoisotopic (exact) mass is 282 g/mol. The predicted molar refractivity (Wildman–Crippen MR) is 66.0 cm³/mol. The number of hydrogen-bond donors (Lipinski definition) is 2. The molecule has 1 aromatic rings. The van der Waals surface area contributed by atoms with Crippen molar-refractivity contribution in [2.75, 3.05) is 0 Å². The molecule has 2 rings (SSSR count). The van der Waals surface area contributed by atoms with Crippen molar-refractivity contribution in [2.45, 2.75) is 0 Å². The Bertz CT molecular complexity index is 453. The second-order valence-electron chi connectivity index (χ2n) is 3.02. The van der Waals surface area contributed by atoms with Crippen LogP contribution in [0.3, 0.4) is 0 Å². The quantitative estimate of drug-likeness (QED) is 0.610. The van der Waals surface area contributed by atoms with E-state index < -0.39 is 0 Å². The van der Waals surface area contributed by atoms with Gasteiger partial charge in [0.15, 0.2) is 5.11 Å². The molecule has 0 atom stereocenters. The van der Waals surface area contributed by atoms with Gasteiger partial charge in [-0.15, -0.1) is 0 Å². The molecule has 0 unspecified atom stereocenters. The van der Waals surface area contributed by atoms with E-state index in [9.17, 15) is 4.79 Å². The lowest BCUT2D eigenvalue weighted by molar-refractivity contribution is -0.115. The van der Waals surface area contributed by atoms with Crippen molar-refractivity contribution in [3.63, 3.8) is 0 Å². The maximum Gasteiger partial charge on any atom is 0.273 e. The highest BCUT2D eigenvalue weighted by atomic mass is 79.9. The molecule has 15 heavy (non-hydrogen) atoms. The topological polar surface area (TPSA) is 41.1 Å². The second-order valence-corrected chi connectivity index (χ2v) is 4.34. The highest BCUT2D eigenvalue weighted by molar-refractivity contribution is 9.10. The summed E-state index contributed by atoms with van der Waals surface area (Å²) in [6.45, 7) is 0. The molecule has 2 N–H and O–H groups in total. The van der Waals surface area contributed by atoms with Gasteiger partial charge in [-0.25, -0.2) is 0 Å². The molecule has 1 fully saturated rings. The van der Waals surface area contributed by atoms with E-state index in [1.807, 2.05) is 24.3 Å². The smallest absolute Gasteiger partial charge is 0.273 e. The lowest BCUT2D eigenvalue weighted by atomic mass is 10.2. The number of thiocarbonyl (C=S) groups is 1. The Morgan fingerprint density at radius 3 is 2.40 bits per heavy atom. The Labute approximate surface area is 101 Å². The van der Waals surface area contributed by atoms with Crippen LogP contribution in [0.5, 0.6) is 0 Å². The Kier molecular flexibility index (Phi) is 2.83. The summed E-state index contributed by atoms with van der Waals surface area (Å²) >= 11 is 8.16. The Balaban J connectivity index is 2.27. The molecule has 0 saturated carbocycles. The summed E-state index contributed by atoms with van der Waals surface area (Å²) in [6.07, 6.45) is 1.75. The maximum atomic E-state index is 11.3. The normalized spacial score (nSPS) is 17.8. The zero-order chi connectivity index (χ0) is 10.8. The molecule has 0 aromatic heterocycles. The molecule has 0 spiro atoms. The fourth-order valence-electron chi connectivity index (χ4n) is 1.21. The van der Waals surface area contributed by atoms with Crippen molar-refractivity contribution in [3.05, 3.63) is 40.0 Å². The largest absolute Gasteiger partial charge is 0.328 e. The number of carbonyl (C=O) groups excluding carboxylic acids is 1. The molecular weight excluding hydrogens is 276 g/mol. The van der Waals surface area contributed by atoms with E-state index in [0.29, 0.717) is 10.8 Å². The van der Waals surface area contributed by atoms with Crippen LogP contribution < -0.4 is 10.6 Å². The van der Waals surface area contributed by atoms with Crippen LogP contribution in [0.1, 0.15) is 5.56 Å². The number of rotatable bonds is 1. The van der Waals surface area contributed by atoms with Crippen LogP contribution >= 0.6 is 28.1 Å². The van der Waals surface area contributed by atoms with Gasteiger partial charge in [0.2, 0.25) is 0 Å². The predicted octanol–water partition coefficient (Wildman–Crippen LogP) is 1.79.